The van der Waals surface area contributed by atoms with Gasteiger partial charge in [0.15, 0.2) is 40.5 Å². The van der Waals surface area contributed by atoms with Crippen molar-refractivity contribution in [2.75, 3.05) is 19.8 Å². The molecule has 0 spiro atoms. The monoisotopic (exact) mass is 1530 g/mol. The Hall–Kier alpha value is -8.50. The van der Waals surface area contributed by atoms with Crippen LogP contribution in [0.1, 0.15) is 344 Å². The zero-order valence-electron chi connectivity index (χ0n) is 73.0. The first-order valence-corrected chi connectivity index (χ1v) is 39.7. The van der Waals surface area contributed by atoms with Crippen LogP contribution in [0.25, 0.3) is 11.3 Å². The summed E-state index contributed by atoms with van der Waals surface area (Å²) in [6.45, 7) is 52.8. The van der Waals surface area contributed by atoms with Crippen molar-refractivity contribution in [1.29, 1.82) is 0 Å². The lowest BCUT2D eigenvalue weighted by atomic mass is 9.69. The Kier molecular flexibility index (Phi) is 28.7. The van der Waals surface area contributed by atoms with Crippen molar-refractivity contribution in [3.63, 3.8) is 0 Å². The molecule has 0 radical (unpaired) electrons. The lowest BCUT2D eigenvalue weighted by molar-refractivity contribution is -0.147. The summed E-state index contributed by atoms with van der Waals surface area (Å²) in [6.07, 6.45) is 13.3. The van der Waals surface area contributed by atoms with Crippen LogP contribution in [-0.2, 0) is 90.5 Å². The topological polar surface area (TPSA) is 317 Å². The van der Waals surface area contributed by atoms with Crippen molar-refractivity contribution in [2.45, 2.75) is 293 Å². The second-order valence-electron chi connectivity index (χ2n) is 39.3. The van der Waals surface area contributed by atoms with E-state index in [1.807, 2.05) is 108 Å². The van der Waals surface area contributed by atoms with E-state index in [2.05, 4.69) is 141 Å². The summed E-state index contributed by atoms with van der Waals surface area (Å²) in [5, 5.41) is 21.1. The molecule has 2 saturated carbocycles. The molecule has 3 N–H and O–H groups in total. The summed E-state index contributed by atoms with van der Waals surface area (Å²) in [7, 11) is 9.79. The minimum atomic E-state index is -0.974. The van der Waals surface area contributed by atoms with Gasteiger partial charge < -0.3 is 15.4 Å². The van der Waals surface area contributed by atoms with Gasteiger partial charge in [-0.15, -0.1) is 0 Å². The Morgan fingerprint density at radius 1 is 0.523 bits per heavy atom. The number of H-pyrrole nitrogens is 1. The van der Waals surface area contributed by atoms with Gasteiger partial charge in [0.05, 0.1) is 74.6 Å². The van der Waals surface area contributed by atoms with E-state index in [4.69, 9.17) is 15.6 Å². The number of fused-ring (bicyclic) bond motifs is 6. The molecule has 0 aliphatic heterocycles. The smallest absolute Gasteiger partial charge is 0.313 e. The van der Waals surface area contributed by atoms with Gasteiger partial charge in [-0.2, -0.15) is 20.4 Å². The standard InChI is InChI=1S/C16H25N3O.C15H21N5.C13H20N2O.C12H18N2O.2C12H18O3.C8H12O2/c1-10(2)14-13-12(17-19(14)7)8-16(3,4)11(15(13)20)9-18(5)6;1-8(2)13-11-10(19-20(13)5)6-15(3,4)9-7-17-14(16)18-12(9)11;1-8(2)12-11-9(14-15(12)5)6-13(3,4)7-10(11)16;1-7(2)11-10-8(13-14-11)5-12(3,4)6-9(10)15;1-8(2)11(14)15-10-5-9(13)6-12(3,4)7-10;1-7(2)11(15)10-8(13)5-12(3,4)6-9(10)14;1-8(2)4-6(9)3-7(10)5-8/h9-10H,8H2,1-7H3;7-8H,6H2,1-5H3,(H2,16,17,18);8H,6-7H2,1-5H3;7H,5-6H2,1-4H3,(H,13,14);5,8H,6-7H2,1-4H3;7,10H,5-6H2,1-4H3;3-5H2,1-2H3/b11-9+;;;;;;. The molecule has 23 nitrogen and oxygen atoms in total. The Labute approximate surface area is 660 Å². The van der Waals surface area contributed by atoms with Crippen LogP contribution in [0.3, 0.4) is 0 Å². The highest BCUT2D eigenvalue weighted by molar-refractivity contribution is 6.21. The molecule has 5 heterocycles. The molecule has 0 bridgehead atoms. The van der Waals surface area contributed by atoms with Gasteiger partial charge in [-0.1, -0.05) is 180 Å². The first-order valence-electron chi connectivity index (χ1n) is 39.7. The first-order chi connectivity index (χ1) is 50.7. The van der Waals surface area contributed by atoms with Crippen molar-refractivity contribution < 1.29 is 52.7 Å². The maximum Gasteiger partial charge on any atom is 0.313 e. The molecule has 0 atom stereocenters. The fourth-order valence-corrected chi connectivity index (χ4v) is 16.5. The summed E-state index contributed by atoms with van der Waals surface area (Å²) >= 11 is 0. The Bertz CT molecular complexity index is 4400. The van der Waals surface area contributed by atoms with E-state index in [1.54, 1.807) is 27.7 Å². The number of ether oxygens (including phenoxy) is 1. The summed E-state index contributed by atoms with van der Waals surface area (Å²) in [5.74, 6) is 0.806. The minimum absolute atomic E-state index is 0.0152. The third-order valence-corrected chi connectivity index (χ3v) is 21.1. The molecule has 0 unspecified atom stereocenters. The zero-order valence-corrected chi connectivity index (χ0v) is 73.0. The molecule has 23 heteroatoms. The molecule has 610 valence electrons. The van der Waals surface area contributed by atoms with Crippen LogP contribution in [0.15, 0.2) is 29.8 Å². The van der Waals surface area contributed by atoms with E-state index < -0.39 is 5.92 Å². The predicted octanol–water partition coefficient (Wildman–Crippen LogP) is 16.1. The number of aryl methyl sites for hydroxylation is 3. The third-order valence-electron chi connectivity index (χ3n) is 21.1. The van der Waals surface area contributed by atoms with Crippen LogP contribution < -0.4 is 5.73 Å². The first kappa shape index (κ1) is 91.4. The molecular formula is C88H132N12O11. The average molecular weight is 1530 g/mol. The molecule has 111 heavy (non-hydrogen) atoms. The molecule has 5 aromatic rings. The maximum atomic E-state index is 13.0. The maximum absolute atomic E-state index is 13.0. The molecule has 7 aliphatic rings. The number of aromatic amines is 1. The molecule has 0 amide bonds. The van der Waals surface area contributed by atoms with Crippen LogP contribution in [0.2, 0.25) is 0 Å². The lowest BCUT2D eigenvalue weighted by Crippen LogP contribution is -2.43. The number of carbonyl (C=O) groups excluding carboxylic acids is 10. The summed E-state index contributed by atoms with van der Waals surface area (Å²) < 4.78 is 10.9. The van der Waals surface area contributed by atoms with Crippen LogP contribution >= 0.6 is 0 Å². The van der Waals surface area contributed by atoms with Crippen molar-refractivity contribution >= 4 is 64.0 Å². The van der Waals surface area contributed by atoms with Crippen molar-refractivity contribution in [3.8, 4) is 11.3 Å². The van der Waals surface area contributed by atoms with Gasteiger partial charge >= 0.3 is 5.97 Å². The minimum Gasteiger partial charge on any atom is -0.431 e. The van der Waals surface area contributed by atoms with Crippen LogP contribution in [0, 0.1) is 50.2 Å². The Balaban J connectivity index is 0.000000204. The number of nitrogen functional groups attached to an aromatic ring is 1. The number of Topliss-reactive ketones (excluding diaryl/α,β-unsaturated/α-hetero) is 8. The normalized spacial score (nSPS) is 19.8. The van der Waals surface area contributed by atoms with E-state index in [0.29, 0.717) is 86.7 Å². The van der Waals surface area contributed by atoms with Crippen molar-refractivity contribution in [3.05, 3.63) is 97.6 Å². The zero-order chi connectivity index (χ0) is 84.4. The number of ketones is 9. The second kappa shape index (κ2) is 34.9. The molecule has 5 aromatic heterocycles. The summed E-state index contributed by atoms with van der Waals surface area (Å²) in [6, 6.07) is 0. The SMILES string of the molecule is CC(C)C(=O)C1C(=O)CC(C)(C)CC1=O.CC(C)C(=O)OC1=CC(=O)CC(C)(C)C1.CC(C)c1c2c(nn1C)CC(C)(C)/C(=C/N(C)C)C2=O.CC(C)c1c2c(nn1C)CC(C)(C)CC2=O.CC(C)c1c2c(nn1C)CC(C)(C)c1cnc(N)nc1-2.CC(C)c1n[nH]c2c1C(=O)CC(C)(C)C2.CC1(C)CC(=O)CC(=O)C1. The van der Waals surface area contributed by atoms with Gasteiger partial charge in [-0.05, 0) is 69.0 Å². The van der Waals surface area contributed by atoms with Gasteiger partial charge in [0.25, 0.3) is 0 Å². The molecule has 0 saturated heterocycles. The number of hydrogen-bond acceptors (Lipinski definition) is 19. The lowest BCUT2D eigenvalue weighted by Gasteiger charge is -2.32. The number of nitrogens with one attached hydrogen (secondary N) is 1. The van der Waals surface area contributed by atoms with E-state index in [1.165, 1.54) is 11.8 Å². The number of nitrogens with two attached hydrogens (primary N) is 1. The van der Waals surface area contributed by atoms with E-state index >= 15 is 0 Å². The van der Waals surface area contributed by atoms with Gasteiger partial charge in [0.1, 0.15) is 23.2 Å². The van der Waals surface area contributed by atoms with E-state index in [0.717, 1.165) is 105 Å². The Morgan fingerprint density at radius 2 is 0.955 bits per heavy atom. The molecule has 0 aromatic carbocycles. The highest BCUT2D eigenvalue weighted by atomic mass is 16.5. The van der Waals surface area contributed by atoms with Crippen molar-refractivity contribution in [1.82, 2.24) is 54.4 Å². The number of anilines is 1. The number of rotatable bonds is 9. The molecule has 7 aliphatic carbocycles. The number of hydrogen-bond donors (Lipinski definition) is 2. The van der Waals surface area contributed by atoms with Gasteiger partial charge in [-0.3, -0.25) is 67.1 Å². The van der Waals surface area contributed by atoms with Gasteiger partial charge in [0.2, 0.25) is 5.95 Å². The number of aromatic nitrogens is 10. The van der Waals surface area contributed by atoms with E-state index in [-0.39, 0.29) is 114 Å². The fraction of sp³-hybridized carbons (Fsp3) is 0.659. The number of nitrogens with zero attached hydrogens (tertiary/aromatic N) is 10. The fourth-order valence-electron chi connectivity index (χ4n) is 16.5. The molecule has 2 fully saturated rings. The average Bonchev–Trinajstić information content (AvgIpc) is 1.64. The Morgan fingerprint density at radius 3 is 1.41 bits per heavy atom. The summed E-state index contributed by atoms with van der Waals surface area (Å²) in [5.41, 5.74) is 20.4. The van der Waals surface area contributed by atoms with Crippen LogP contribution in [0.5, 0.6) is 0 Å². The largest absolute Gasteiger partial charge is 0.431 e. The quantitative estimate of drug-likeness (QED) is 0.0786. The number of esters is 1. The molecule has 12 rings (SSSR count). The van der Waals surface area contributed by atoms with Crippen LogP contribution in [-0.4, -0.2) is 127 Å². The van der Waals surface area contributed by atoms with Crippen LogP contribution in [0.4, 0.5) is 5.95 Å². The predicted molar refractivity (Wildman–Crippen MR) is 434 cm³/mol. The van der Waals surface area contributed by atoms with Gasteiger partial charge in [0, 0.05) is 152 Å². The highest BCUT2D eigenvalue weighted by Gasteiger charge is 2.46. The number of allylic oxidation sites excluding steroid dienone is 3. The third kappa shape index (κ3) is 22.9. The molecular weight excluding hydrogens is 1400 g/mol. The van der Waals surface area contributed by atoms with Gasteiger partial charge in [-0.25, -0.2) is 9.97 Å². The summed E-state index contributed by atoms with van der Waals surface area (Å²) in [4.78, 5) is 127. The second-order valence-corrected chi connectivity index (χ2v) is 39.3. The number of carbonyl (C=O) groups is 10. The highest BCUT2D eigenvalue weighted by Crippen LogP contribution is 2.47. The van der Waals surface area contributed by atoms with E-state index in [9.17, 15) is 47.9 Å². The van der Waals surface area contributed by atoms with Crippen molar-refractivity contribution in [2.24, 2.45) is 71.4 Å².